The average Bonchev–Trinajstić information content (AvgIpc) is 3.50. The number of aromatic nitrogens is 4. The van der Waals surface area contributed by atoms with Crippen molar-refractivity contribution in [3.63, 3.8) is 0 Å². The van der Waals surface area contributed by atoms with E-state index in [1.165, 1.54) is 34.4 Å². The van der Waals surface area contributed by atoms with Gasteiger partial charge in [0.2, 0.25) is 5.91 Å². The first-order chi connectivity index (χ1) is 15.0. The van der Waals surface area contributed by atoms with Crippen LogP contribution in [0.1, 0.15) is 35.4 Å². The second kappa shape index (κ2) is 9.58. The van der Waals surface area contributed by atoms with Crippen molar-refractivity contribution in [3.8, 4) is 0 Å². The summed E-state index contributed by atoms with van der Waals surface area (Å²) in [4.78, 5) is 29.8. The fourth-order valence-electron chi connectivity index (χ4n) is 2.98. The number of thiophene rings is 1. The lowest BCUT2D eigenvalue weighted by molar-refractivity contribution is -0.113. The molecule has 0 radical (unpaired) electrons. The van der Waals surface area contributed by atoms with E-state index in [9.17, 15) is 9.59 Å². The van der Waals surface area contributed by atoms with Crippen LogP contribution in [0, 0.1) is 0 Å². The molecular weight excluding hydrogens is 452 g/mol. The lowest BCUT2D eigenvalue weighted by Gasteiger charge is -2.14. The molecule has 2 N–H and O–H groups in total. The highest BCUT2D eigenvalue weighted by atomic mass is 32.2. The predicted octanol–water partition coefficient (Wildman–Crippen LogP) is 4.19. The highest BCUT2D eigenvalue weighted by Gasteiger charge is 2.20. The maximum atomic E-state index is 12.4. The van der Waals surface area contributed by atoms with E-state index >= 15 is 0 Å². The Labute approximate surface area is 191 Å². The summed E-state index contributed by atoms with van der Waals surface area (Å²) >= 11 is 4.14. The van der Waals surface area contributed by atoms with E-state index in [1.807, 2.05) is 54.1 Å². The van der Waals surface area contributed by atoms with Crippen molar-refractivity contribution in [2.75, 3.05) is 11.1 Å². The van der Waals surface area contributed by atoms with E-state index in [-0.39, 0.29) is 23.6 Å². The molecule has 160 valence electrons. The molecule has 3 heterocycles. The van der Waals surface area contributed by atoms with Crippen LogP contribution in [-0.4, -0.2) is 37.3 Å². The number of hydrogen-bond acceptors (Lipinski definition) is 8. The Morgan fingerprint density at radius 3 is 2.77 bits per heavy atom. The van der Waals surface area contributed by atoms with E-state index in [2.05, 4.69) is 25.8 Å². The van der Waals surface area contributed by atoms with Gasteiger partial charge < -0.3 is 15.2 Å². The molecule has 0 bridgehead atoms. The summed E-state index contributed by atoms with van der Waals surface area (Å²) in [7, 11) is 0. The molecule has 0 spiro atoms. The van der Waals surface area contributed by atoms with E-state index in [1.54, 1.807) is 6.07 Å². The van der Waals surface area contributed by atoms with Crippen LogP contribution in [0.15, 0.2) is 46.9 Å². The molecule has 0 unspecified atom stereocenters. The Bertz CT molecular complexity index is 1170. The Morgan fingerprint density at radius 1 is 1.19 bits per heavy atom. The van der Waals surface area contributed by atoms with Gasteiger partial charge in [0, 0.05) is 6.54 Å². The van der Waals surface area contributed by atoms with Gasteiger partial charge in [-0.25, -0.2) is 4.98 Å². The maximum absolute atomic E-state index is 12.4. The number of carbonyl (C=O) groups is 2. The molecule has 0 aliphatic carbocycles. The van der Waals surface area contributed by atoms with Crippen molar-refractivity contribution >= 4 is 61.6 Å². The van der Waals surface area contributed by atoms with Crippen LogP contribution >= 0.6 is 34.4 Å². The minimum absolute atomic E-state index is 0.141. The third-order valence-corrected chi connectivity index (χ3v) is 7.20. The number of rotatable bonds is 8. The molecule has 0 aliphatic rings. The number of nitrogens with zero attached hydrogens (tertiary/aromatic N) is 4. The molecule has 0 saturated carbocycles. The number of benzene rings is 1. The zero-order valence-corrected chi connectivity index (χ0v) is 19.3. The van der Waals surface area contributed by atoms with Crippen molar-refractivity contribution in [3.05, 3.63) is 52.5 Å². The van der Waals surface area contributed by atoms with Crippen LogP contribution < -0.4 is 10.6 Å². The number of carbonyl (C=O) groups excluding carboxylic acids is 2. The van der Waals surface area contributed by atoms with Crippen LogP contribution in [0.25, 0.3) is 10.2 Å². The third-order valence-electron chi connectivity index (χ3n) is 4.41. The summed E-state index contributed by atoms with van der Waals surface area (Å²) in [6, 6.07) is 11.1. The van der Waals surface area contributed by atoms with E-state index in [0.717, 1.165) is 10.2 Å². The molecule has 8 nitrogen and oxygen atoms in total. The lowest BCUT2D eigenvalue weighted by atomic mass is 10.3. The summed E-state index contributed by atoms with van der Waals surface area (Å²) in [5, 5.41) is 17.3. The second-order valence-electron chi connectivity index (χ2n) is 6.58. The molecule has 11 heteroatoms. The minimum Gasteiger partial charge on any atom is -0.342 e. The van der Waals surface area contributed by atoms with Gasteiger partial charge in [0.25, 0.3) is 5.91 Å². The van der Waals surface area contributed by atoms with Crippen LogP contribution in [0.3, 0.4) is 0 Å². The molecule has 2 amide bonds. The van der Waals surface area contributed by atoms with Gasteiger partial charge in [-0.1, -0.05) is 41.3 Å². The normalized spacial score (nSPS) is 12.1. The third kappa shape index (κ3) is 4.94. The van der Waals surface area contributed by atoms with Crippen molar-refractivity contribution in [1.82, 2.24) is 25.1 Å². The number of hydrogen-bond donors (Lipinski definition) is 2. The van der Waals surface area contributed by atoms with E-state index in [0.29, 0.717) is 27.5 Å². The molecule has 31 heavy (non-hydrogen) atoms. The smallest absolute Gasteiger partial charge is 0.261 e. The van der Waals surface area contributed by atoms with Crippen LogP contribution in [-0.2, 0) is 11.3 Å². The molecule has 0 saturated heterocycles. The number of anilines is 1. The molecule has 0 fully saturated rings. The quantitative estimate of drug-likeness (QED) is 0.373. The molecule has 1 atom stereocenters. The Kier molecular flexibility index (Phi) is 6.64. The first-order valence-electron chi connectivity index (χ1n) is 9.61. The van der Waals surface area contributed by atoms with Crippen molar-refractivity contribution in [1.29, 1.82) is 0 Å². The molecule has 0 aliphatic heterocycles. The highest BCUT2D eigenvalue weighted by molar-refractivity contribution is 7.99. The van der Waals surface area contributed by atoms with Gasteiger partial charge in [-0.3, -0.25) is 9.59 Å². The van der Waals surface area contributed by atoms with E-state index < -0.39 is 0 Å². The molecule has 4 aromatic rings. The maximum Gasteiger partial charge on any atom is 0.261 e. The number of thioether (sulfide) groups is 1. The van der Waals surface area contributed by atoms with Crippen LogP contribution in [0.2, 0.25) is 0 Å². The fraction of sp³-hybridized carbons (Fsp3) is 0.250. The molecular formula is C20H20N6O2S3. The number of amides is 2. The number of nitrogens with one attached hydrogen (secondary N) is 2. The van der Waals surface area contributed by atoms with Crippen molar-refractivity contribution < 1.29 is 9.59 Å². The fourth-order valence-corrected chi connectivity index (χ4v) is 5.29. The Balaban J connectivity index is 1.37. The van der Waals surface area contributed by atoms with Crippen LogP contribution in [0.4, 0.5) is 5.13 Å². The van der Waals surface area contributed by atoms with E-state index in [4.69, 9.17) is 0 Å². The lowest BCUT2D eigenvalue weighted by Crippen LogP contribution is -2.28. The molecule has 3 aromatic heterocycles. The summed E-state index contributed by atoms with van der Waals surface area (Å²) < 4.78 is 2.94. The van der Waals surface area contributed by atoms with Gasteiger partial charge in [0.15, 0.2) is 16.1 Å². The van der Waals surface area contributed by atoms with Gasteiger partial charge in [0.05, 0.1) is 26.9 Å². The number of thiazole rings is 1. The minimum atomic E-state index is -0.312. The van der Waals surface area contributed by atoms with Crippen molar-refractivity contribution in [2.45, 2.75) is 31.6 Å². The number of fused-ring (bicyclic) bond motifs is 1. The van der Waals surface area contributed by atoms with Gasteiger partial charge in [0.1, 0.15) is 0 Å². The van der Waals surface area contributed by atoms with Crippen molar-refractivity contribution in [2.24, 2.45) is 0 Å². The number of para-hydroxylation sites is 1. The zero-order valence-electron chi connectivity index (χ0n) is 16.9. The van der Waals surface area contributed by atoms with Gasteiger partial charge in [-0.05, 0) is 37.4 Å². The highest BCUT2D eigenvalue weighted by Crippen LogP contribution is 2.26. The Hall–Kier alpha value is -2.76. The average molecular weight is 473 g/mol. The van der Waals surface area contributed by atoms with Gasteiger partial charge in [-0.15, -0.1) is 21.5 Å². The Morgan fingerprint density at radius 2 is 2.03 bits per heavy atom. The largest absolute Gasteiger partial charge is 0.342 e. The monoisotopic (exact) mass is 472 g/mol. The topological polar surface area (TPSA) is 102 Å². The summed E-state index contributed by atoms with van der Waals surface area (Å²) in [5.74, 6) is 0.540. The molecule has 4 rings (SSSR count). The standard InChI is InChI=1S/C20H20N6O2S3/c1-3-26-17(12(2)21-18(28)15-9-6-10-29-15)24-25-20(26)30-11-16(27)23-19-22-13-7-4-5-8-14(13)31-19/h4-10,12H,3,11H2,1-2H3,(H,21,28)(H,22,23,27)/t12-/m0/s1. The van der Waals surface area contributed by atoms with Crippen LogP contribution in [0.5, 0.6) is 0 Å². The first-order valence-corrected chi connectivity index (χ1v) is 12.3. The summed E-state index contributed by atoms with van der Waals surface area (Å²) in [5.41, 5.74) is 0.865. The predicted molar refractivity (Wildman–Crippen MR) is 125 cm³/mol. The summed E-state index contributed by atoms with van der Waals surface area (Å²) in [6.07, 6.45) is 0. The molecule has 1 aromatic carbocycles. The van der Waals surface area contributed by atoms with Gasteiger partial charge >= 0.3 is 0 Å². The first kappa shape index (κ1) is 21.5. The second-order valence-corrected chi connectivity index (χ2v) is 9.50. The zero-order chi connectivity index (χ0) is 21.8. The summed E-state index contributed by atoms with van der Waals surface area (Å²) in [6.45, 7) is 4.48. The SMILES string of the molecule is CCn1c(SCC(=O)Nc2nc3ccccc3s2)nnc1[C@H](C)NC(=O)c1cccs1. The van der Waals surface area contributed by atoms with Gasteiger partial charge in [-0.2, -0.15) is 0 Å².